The summed E-state index contributed by atoms with van der Waals surface area (Å²) in [5, 5.41) is 1.79. The van der Waals surface area contributed by atoms with Crippen LogP contribution in [0.15, 0.2) is 35.5 Å². The first-order chi connectivity index (χ1) is 10.0. The summed E-state index contributed by atoms with van der Waals surface area (Å²) < 4.78 is 27.0. The topological polar surface area (TPSA) is 76.3 Å². The molecule has 2 heterocycles. The highest BCUT2D eigenvalue weighted by Crippen LogP contribution is 2.28. The fraction of sp³-hybridized carbons (Fsp3) is 0.400. The average molecular weight is 305 g/mol. The molecule has 0 spiro atoms. The Labute approximate surface area is 124 Å². The zero-order valence-corrected chi connectivity index (χ0v) is 12.8. The minimum absolute atomic E-state index is 0.0824. The van der Waals surface area contributed by atoms with Gasteiger partial charge in [-0.3, -0.25) is 0 Å². The van der Waals surface area contributed by atoms with Gasteiger partial charge < -0.3 is 5.73 Å². The number of rotatable bonds is 3. The van der Waals surface area contributed by atoms with Crippen molar-refractivity contribution < 1.29 is 8.42 Å². The number of nitrogens with zero attached hydrogens (tertiary/aromatic N) is 2. The molecule has 2 aromatic rings. The Morgan fingerprint density at radius 2 is 2.05 bits per heavy atom. The van der Waals surface area contributed by atoms with Gasteiger partial charge in [0, 0.05) is 30.7 Å². The van der Waals surface area contributed by atoms with Gasteiger partial charge in [-0.2, -0.15) is 4.31 Å². The van der Waals surface area contributed by atoms with Gasteiger partial charge in [0.2, 0.25) is 0 Å². The summed E-state index contributed by atoms with van der Waals surface area (Å²) in [4.78, 5) is 4.25. The summed E-state index contributed by atoms with van der Waals surface area (Å²) in [5.41, 5.74) is 6.89. The van der Waals surface area contributed by atoms with Gasteiger partial charge in [0.05, 0.1) is 0 Å². The molecule has 0 unspecified atom stereocenters. The Morgan fingerprint density at radius 3 is 2.67 bits per heavy atom. The third-order valence-corrected chi connectivity index (χ3v) is 5.82. The lowest BCUT2D eigenvalue weighted by Crippen LogP contribution is -2.32. The first-order valence-electron chi connectivity index (χ1n) is 7.16. The van der Waals surface area contributed by atoms with E-state index < -0.39 is 10.0 Å². The van der Waals surface area contributed by atoms with Gasteiger partial charge in [-0.25, -0.2) is 13.4 Å². The SMILES string of the molecule is CCc1cnc(S(=O)(=O)N2CC[C@H](N)C2)c2ccccc12. The van der Waals surface area contributed by atoms with Crippen molar-refractivity contribution in [1.29, 1.82) is 0 Å². The molecule has 1 aliphatic heterocycles. The predicted octanol–water partition coefficient (Wildman–Crippen LogP) is 1.52. The zero-order chi connectivity index (χ0) is 15.0. The minimum atomic E-state index is -3.58. The zero-order valence-electron chi connectivity index (χ0n) is 12.0. The second-order valence-corrected chi connectivity index (χ2v) is 7.25. The largest absolute Gasteiger partial charge is 0.326 e. The number of benzene rings is 1. The van der Waals surface area contributed by atoms with E-state index in [0.717, 1.165) is 17.4 Å². The van der Waals surface area contributed by atoms with Crippen molar-refractivity contribution in [1.82, 2.24) is 9.29 Å². The Hall–Kier alpha value is -1.50. The van der Waals surface area contributed by atoms with Crippen molar-refractivity contribution in [2.24, 2.45) is 5.73 Å². The van der Waals surface area contributed by atoms with Gasteiger partial charge in [0.25, 0.3) is 10.0 Å². The molecule has 1 aromatic heterocycles. The molecule has 1 fully saturated rings. The molecular formula is C15H19N3O2S. The van der Waals surface area contributed by atoms with Gasteiger partial charge >= 0.3 is 0 Å². The maximum atomic E-state index is 12.8. The average Bonchev–Trinajstić information content (AvgIpc) is 2.93. The number of sulfonamides is 1. The number of nitrogens with two attached hydrogens (primary N) is 1. The van der Waals surface area contributed by atoms with Crippen molar-refractivity contribution in [2.45, 2.75) is 30.8 Å². The molecule has 0 aliphatic carbocycles. The summed E-state index contributed by atoms with van der Waals surface area (Å²) in [7, 11) is -3.58. The van der Waals surface area contributed by atoms with Crippen LogP contribution in [-0.2, 0) is 16.4 Å². The molecule has 0 radical (unpaired) electrons. The highest BCUT2D eigenvalue weighted by atomic mass is 32.2. The fourth-order valence-electron chi connectivity index (χ4n) is 2.81. The smallest absolute Gasteiger partial charge is 0.261 e. The van der Waals surface area contributed by atoms with Crippen molar-refractivity contribution >= 4 is 20.8 Å². The quantitative estimate of drug-likeness (QED) is 0.933. The Bertz CT molecular complexity index is 774. The number of hydrogen-bond acceptors (Lipinski definition) is 4. The van der Waals surface area contributed by atoms with Crippen LogP contribution >= 0.6 is 0 Å². The summed E-state index contributed by atoms with van der Waals surface area (Å²) >= 11 is 0. The van der Waals surface area contributed by atoms with Crippen molar-refractivity contribution in [3.63, 3.8) is 0 Å². The highest BCUT2D eigenvalue weighted by Gasteiger charge is 2.33. The number of hydrogen-bond donors (Lipinski definition) is 1. The Morgan fingerprint density at radius 1 is 1.33 bits per heavy atom. The molecule has 5 nitrogen and oxygen atoms in total. The van der Waals surface area contributed by atoms with Crippen LogP contribution in [0.3, 0.4) is 0 Å². The van der Waals surface area contributed by atoms with Crippen molar-refractivity contribution in [2.75, 3.05) is 13.1 Å². The van der Waals surface area contributed by atoms with Crippen LogP contribution in [0.4, 0.5) is 0 Å². The van der Waals surface area contributed by atoms with E-state index >= 15 is 0 Å². The fourth-order valence-corrected chi connectivity index (χ4v) is 4.43. The molecule has 1 atom stereocenters. The van der Waals surface area contributed by atoms with E-state index in [0.29, 0.717) is 24.9 Å². The Balaban J connectivity index is 2.17. The molecule has 2 N–H and O–H groups in total. The molecule has 1 aliphatic rings. The predicted molar refractivity (Wildman–Crippen MR) is 82.5 cm³/mol. The highest BCUT2D eigenvalue weighted by molar-refractivity contribution is 7.89. The molecule has 3 rings (SSSR count). The summed E-state index contributed by atoms with van der Waals surface area (Å²) in [6.45, 7) is 2.88. The van der Waals surface area contributed by atoms with Crippen LogP contribution in [0.25, 0.3) is 10.8 Å². The third kappa shape index (κ3) is 2.43. The van der Waals surface area contributed by atoms with E-state index in [1.807, 2.05) is 31.2 Å². The van der Waals surface area contributed by atoms with E-state index in [4.69, 9.17) is 5.73 Å². The van der Waals surface area contributed by atoms with Gasteiger partial charge in [-0.1, -0.05) is 31.2 Å². The van der Waals surface area contributed by atoms with E-state index in [2.05, 4.69) is 4.98 Å². The second-order valence-electron chi connectivity index (χ2n) is 5.40. The molecule has 0 amide bonds. The van der Waals surface area contributed by atoms with Crippen LogP contribution in [0, 0.1) is 0 Å². The summed E-state index contributed by atoms with van der Waals surface area (Å²) in [6.07, 6.45) is 3.19. The van der Waals surface area contributed by atoms with E-state index in [-0.39, 0.29) is 11.1 Å². The van der Waals surface area contributed by atoms with E-state index in [9.17, 15) is 8.42 Å². The van der Waals surface area contributed by atoms with Crippen LogP contribution in [0.2, 0.25) is 0 Å². The van der Waals surface area contributed by atoms with E-state index in [1.54, 1.807) is 6.20 Å². The molecule has 0 bridgehead atoms. The molecule has 1 aromatic carbocycles. The number of pyridine rings is 1. The summed E-state index contributed by atoms with van der Waals surface area (Å²) in [6, 6.07) is 7.46. The van der Waals surface area contributed by atoms with Crippen LogP contribution in [0.5, 0.6) is 0 Å². The lowest BCUT2D eigenvalue weighted by atomic mass is 10.1. The minimum Gasteiger partial charge on any atom is -0.326 e. The Kier molecular flexibility index (Phi) is 3.69. The van der Waals surface area contributed by atoms with Crippen LogP contribution in [-0.4, -0.2) is 36.8 Å². The van der Waals surface area contributed by atoms with Crippen molar-refractivity contribution in [3.8, 4) is 0 Å². The monoisotopic (exact) mass is 305 g/mol. The first-order valence-corrected chi connectivity index (χ1v) is 8.60. The lowest BCUT2D eigenvalue weighted by molar-refractivity contribution is 0.470. The molecule has 6 heteroatoms. The third-order valence-electron chi connectivity index (χ3n) is 3.99. The molecule has 0 saturated carbocycles. The van der Waals surface area contributed by atoms with Gasteiger partial charge in [0.15, 0.2) is 5.03 Å². The summed E-state index contributed by atoms with van der Waals surface area (Å²) in [5.74, 6) is 0. The van der Waals surface area contributed by atoms with Gasteiger partial charge in [-0.15, -0.1) is 0 Å². The molecule has 1 saturated heterocycles. The number of aromatic nitrogens is 1. The number of fused-ring (bicyclic) bond motifs is 1. The normalized spacial score (nSPS) is 20.2. The van der Waals surface area contributed by atoms with Crippen molar-refractivity contribution in [3.05, 3.63) is 36.0 Å². The maximum absolute atomic E-state index is 12.8. The molecule has 112 valence electrons. The maximum Gasteiger partial charge on any atom is 0.261 e. The van der Waals surface area contributed by atoms with Gasteiger partial charge in [0.1, 0.15) is 0 Å². The van der Waals surface area contributed by atoms with Crippen LogP contribution < -0.4 is 5.73 Å². The standard InChI is InChI=1S/C15H19N3O2S/c1-2-11-9-17-15(14-6-4-3-5-13(11)14)21(19,20)18-8-7-12(16)10-18/h3-6,9,12H,2,7-8,10,16H2,1H3/t12-/m0/s1. The van der Waals surface area contributed by atoms with Crippen LogP contribution in [0.1, 0.15) is 18.9 Å². The molecule has 21 heavy (non-hydrogen) atoms. The molecular weight excluding hydrogens is 286 g/mol. The first kappa shape index (κ1) is 14.4. The second kappa shape index (κ2) is 5.36. The van der Waals surface area contributed by atoms with E-state index in [1.165, 1.54) is 4.31 Å². The lowest BCUT2D eigenvalue weighted by Gasteiger charge is -2.17. The van der Waals surface area contributed by atoms with Gasteiger partial charge in [-0.05, 0) is 23.8 Å². The number of aryl methyl sites for hydroxylation is 1.